The second-order valence-corrected chi connectivity index (χ2v) is 11.7. The quantitative estimate of drug-likeness (QED) is 0.133. The smallest absolute Gasteiger partial charge is 0.272 e. The lowest BCUT2D eigenvalue weighted by Gasteiger charge is -2.14. The molecule has 0 aliphatic heterocycles. The molecule has 3 N–H and O–H groups in total. The molecule has 6 nitrogen and oxygen atoms in total. The predicted molar refractivity (Wildman–Crippen MR) is 173 cm³/mol. The van der Waals surface area contributed by atoms with Crippen molar-refractivity contribution in [2.24, 2.45) is 0 Å². The van der Waals surface area contributed by atoms with Crippen molar-refractivity contribution in [2.45, 2.75) is 43.8 Å². The summed E-state index contributed by atoms with van der Waals surface area (Å²) in [4.78, 5) is 40.0. The van der Waals surface area contributed by atoms with E-state index in [-0.39, 0.29) is 22.8 Å². The maximum Gasteiger partial charge on any atom is 0.272 e. The van der Waals surface area contributed by atoms with Crippen molar-refractivity contribution in [2.75, 3.05) is 10.6 Å². The number of amides is 3. The van der Waals surface area contributed by atoms with Gasteiger partial charge in [0.15, 0.2) is 0 Å². The molecule has 0 bridgehead atoms. The summed E-state index contributed by atoms with van der Waals surface area (Å²) in [5.41, 5.74) is 4.90. The van der Waals surface area contributed by atoms with Crippen molar-refractivity contribution < 1.29 is 14.4 Å². The van der Waals surface area contributed by atoms with Crippen molar-refractivity contribution in [1.29, 1.82) is 0 Å². The van der Waals surface area contributed by atoms with Gasteiger partial charge in [0.1, 0.15) is 5.70 Å². The lowest BCUT2D eigenvalue weighted by molar-refractivity contribution is -0.115. The van der Waals surface area contributed by atoms with Gasteiger partial charge in [-0.2, -0.15) is 0 Å². The standard InChI is InChI=1S/C35H35N3O3S/c1-23(2)27-16-18-29(19-17-27)36-33(39)25(4)42-31-15-9-14-30(22-31)37-35(41)32(21-26-11-8-10-24(3)20-26)38-34(40)28-12-6-5-7-13-28/h5-23,25H,1-4H3,(H,36,39)(H,37,41)(H,38,40)/b32-21+. The molecule has 0 saturated carbocycles. The van der Waals surface area contributed by atoms with E-state index in [1.165, 1.54) is 17.3 Å². The van der Waals surface area contributed by atoms with Gasteiger partial charge in [-0.05, 0) is 79.4 Å². The van der Waals surface area contributed by atoms with Gasteiger partial charge in [-0.3, -0.25) is 14.4 Å². The summed E-state index contributed by atoms with van der Waals surface area (Å²) in [6.45, 7) is 8.07. The van der Waals surface area contributed by atoms with Crippen molar-refractivity contribution >= 4 is 46.9 Å². The fourth-order valence-electron chi connectivity index (χ4n) is 4.17. The number of hydrogen-bond acceptors (Lipinski definition) is 4. The van der Waals surface area contributed by atoms with E-state index in [1.807, 2.05) is 86.6 Å². The van der Waals surface area contributed by atoms with Gasteiger partial charge < -0.3 is 16.0 Å². The van der Waals surface area contributed by atoms with E-state index in [9.17, 15) is 14.4 Å². The highest BCUT2D eigenvalue weighted by Crippen LogP contribution is 2.27. The Morgan fingerprint density at radius 1 is 0.738 bits per heavy atom. The molecule has 3 amide bonds. The minimum atomic E-state index is -0.460. The Bertz CT molecular complexity index is 1580. The molecule has 4 aromatic carbocycles. The Morgan fingerprint density at radius 3 is 2.14 bits per heavy atom. The molecule has 0 aromatic heterocycles. The molecule has 42 heavy (non-hydrogen) atoms. The number of thioether (sulfide) groups is 1. The van der Waals surface area contributed by atoms with Gasteiger partial charge in [0.25, 0.3) is 11.8 Å². The minimum Gasteiger partial charge on any atom is -0.325 e. The average Bonchev–Trinajstić information content (AvgIpc) is 2.97. The SMILES string of the molecule is Cc1cccc(/C=C(/NC(=O)c2ccccc2)C(=O)Nc2cccc(SC(C)C(=O)Nc3ccc(C(C)C)cc3)c2)c1. The molecule has 1 unspecified atom stereocenters. The third-order valence-electron chi connectivity index (χ3n) is 6.50. The summed E-state index contributed by atoms with van der Waals surface area (Å²) in [7, 11) is 0. The van der Waals surface area contributed by atoms with Gasteiger partial charge in [-0.1, -0.05) is 80.1 Å². The zero-order valence-electron chi connectivity index (χ0n) is 24.2. The first-order valence-corrected chi connectivity index (χ1v) is 14.7. The average molecular weight is 578 g/mol. The highest BCUT2D eigenvalue weighted by Gasteiger charge is 2.17. The lowest BCUT2D eigenvalue weighted by atomic mass is 10.0. The normalized spacial score (nSPS) is 12.0. The monoisotopic (exact) mass is 577 g/mol. The number of anilines is 2. The van der Waals surface area contributed by atoms with E-state index in [0.717, 1.165) is 21.7 Å². The first-order valence-electron chi connectivity index (χ1n) is 13.8. The maximum absolute atomic E-state index is 13.4. The van der Waals surface area contributed by atoms with Crippen LogP contribution in [0.1, 0.15) is 53.7 Å². The summed E-state index contributed by atoms with van der Waals surface area (Å²) in [5.74, 6) is -0.531. The van der Waals surface area contributed by atoms with Crippen LogP contribution < -0.4 is 16.0 Å². The summed E-state index contributed by atoms with van der Waals surface area (Å²) in [6, 6.07) is 31.6. The Morgan fingerprint density at radius 2 is 1.45 bits per heavy atom. The molecule has 0 radical (unpaired) electrons. The van der Waals surface area contributed by atoms with Gasteiger partial charge in [-0.25, -0.2) is 0 Å². The molecule has 0 aliphatic rings. The summed E-state index contributed by atoms with van der Waals surface area (Å²) < 4.78 is 0. The molecular formula is C35H35N3O3S. The summed E-state index contributed by atoms with van der Waals surface area (Å²) in [5, 5.41) is 8.26. The second-order valence-electron chi connectivity index (χ2n) is 10.3. The molecule has 214 valence electrons. The Labute approximate surface area is 251 Å². The van der Waals surface area contributed by atoms with Gasteiger partial charge in [0.2, 0.25) is 5.91 Å². The lowest BCUT2D eigenvalue weighted by Crippen LogP contribution is -2.30. The van der Waals surface area contributed by atoms with Crippen LogP contribution in [-0.4, -0.2) is 23.0 Å². The van der Waals surface area contributed by atoms with Crippen LogP contribution in [0.25, 0.3) is 6.08 Å². The number of carbonyl (C=O) groups excluding carboxylic acids is 3. The number of carbonyl (C=O) groups is 3. The third-order valence-corrected chi connectivity index (χ3v) is 7.59. The molecule has 7 heteroatoms. The first-order chi connectivity index (χ1) is 20.2. The number of rotatable bonds is 10. The van der Waals surface area contributed by atoms with Gasteiger partial charge in [0.05, 0.1) is 5.25 Å². The van der Waals surface area contributed by atoms with Crippen LogP contribution in [-0.2, 0) is 9.59 Å². The first kappa shape index (κ1) is 30.3. The number of hydrogen-bond donors (Lipinski definition) is 3. The Kier molecular flexibility index (Phi) is 10.3. The van der Waals surface area contributed by atoms with Gasteiger partial charge in [-0.15, -0.1) is 11.8 Å². The predicted octanol–water partition coefficient (Wildman–Crippen LogP) is 7.65. The van der Waals surface area contributed by atoms with E-state index >= 15 is 0 Å². The Hall–Kier alpha value is -4.62. The molecule has 4 rings (SSSR count). The summed E-state index contributed by atoms with van der Waals surface area (Å²) in [6.07, 6.45) is 1.65. The zero-order valence-corrected chi connectivity index (χ0v) is 25.0. The van der Waals surface area contributed by atoms with Gasteiger partial charge >= 0.3 is 0 Å². The van der Waals surface area contributed by atoms with Crippen molar-refractivity contribution in [3.8, 4) is 0 Å². The van der Waals surface area contributed by atoms with E-state index < -0.39 is 5.91 Å². The van der Waals surface area contributed by atoms with Crippen LogP contribution in [0.4, 0.5) is 11.4 Å². The third kappa shape index (κ3) is 8.69. The maximum atomic E-state index is 13.4. The molecular weight excluding hydrogens is 542 g/mol. The van der Waals surface area contributed by atoms with Crippen LogP contribution in [0, 0.1) is 6.92 Å². The number of nitrogens with one attached hydrogen (secondary N) is 3. The molecule has 0 spiro atoms. The molecule has 0 heterocycles. The topological polar surface area (TPSA) is 87.3 Å². The van der Waals surface area contributed by atoms with Crippen molar-refractivity contribution in [1.82, 2.24) is 5.32 Å². The zero-order chi connectivity index (χ0) is 30.1. The number of benzene rings is 4. The molecule has 0 saturated heterocycles. The summed E-state index contributed by atoms with van der Waals surface area (Å²) >= 11 is 1.39. The Balaban J connectivity index is 1.45. The molecule has 0 fully saturated rings. The van der Waals surface area contributed by atoms with Crippen LogP contribution in [0.15, 0.2) is 114 Å². The van der Waals surface area contributed by atoms with Crippen molar-refractivity contribution in [3.05, 3.63) is 131 Å². The molecule has 0 aliphatic carbocycles. The van der Waals surface area contributed by atoms with Crippen molar-refractivity contribution in [3.63, 3.8) is 0 Å². The van der Waals surface area contributed by atoms with E-state index in [2.05, 4.69) is 29.8 Å². The van der Waals surface area contributed by atoms with Crippen LogP contribution >= 0.6 is 11.8 Å². The largest absolute Gasteiger partial charge is 0.325 e. The minimum absolute atomic E-state index is 0.112. The van der Waals surface area contributed by atoms with Gasteiger partial charge in [0, 0.05) is 21.8 Å². The number of aryl methyl sites for hydroxylation is 1. The van der Waals surface area contributed by atoms with E-state index in [1.54, 1.807) is 36.4 Å². The highest BCUT2D eigenvalue weighted by atomic mass is 32.2. The van der Waals surface area contributed by atoms with Crippen LogP contribution in [0.2, 0.25) is 0 Å². The van der Waals surface area contributed by atoms with E-state index in [0.29, 0.717) is 17.2 Å². The second kappa shape index (κ2) is 14.3. The van der Waals surface area contributed by atoms with Crippen LogP contribution in [0.5, 0.6) is 0 Å². The fourth-order valence-corrected chi connectivity index (χ4v) is 5.09. The highest BCUT2D eigenvalue weighted by molar-refractivity contribution is 8.00. The molecule has 1 atom stereocenters. The fraction of sp³-hybridized carbons (Fsp3) is 0.171. The van der Waals surface area contributed by atoms with E-state index in [4.69, 9.17) is 0 Å². The van der Waals surface area contributed by atoms with Crippen LogP contribution in [0.3, 0.4) is 0 Å². The molecule has 4 aromatic rings.